The highest BCUT2D eigenvalue weighted by atomic mass is 35.6. The zero-order chi connectivity index (χ0) is 10.6. The highest BCUT2D eigenvalue weighted by Crippen LogP contribution is 2.27. The van der Waals surface area contributed by atoms with Gasteiger partial charge in [0, 0.05) is 5.56 Å². The van der Waals surface area contributed by atoms with E-state index in [9.17, 15) is 5.11 Å². The highest BCUT2D eigenvalue weighted by Gasteiger charge is 2.19. The molecular formula is C9H9Cl3O2. The van der Waals surface area contributed by atoms with Crippen LogP contribution in [-0.4, -0.2) is 15.5 Å². The van der Waals surface area contributed by atoms with Gasteiger partial charge in [-0.15, -0.1) is 0 Å². The Kier molecular flexibility index (Phi) is 4.32. The average Bonchev–Trinajstić information content (AvgIpc) is 2.06. The lowest BCUT2D eigenvalue weighted by Crippen LogP contribution is -2.12. The maximum absolute atomic E-state index is 9.36. The van der Waals surface area contributed by atoms with Gasteiger partial charge in [-0.05, 0) is 6.07 Å². The molecule has 78 valence electrons. The first kappa shape index (κ1) is 11.9. The number of phenolic OH excluding ortho intramolecular Hbond substituents is 1. The van der Waals surface area contributed by atoms with Crippen molar-refractivity contribution < 1.29 is 9.84 Å². The van der Waals surface area contributed by atoms with Gasteiger partial charge in [-0.2, -0.15) is 0 Å². The summed E-state index contributed by atoms with van der Waals surface area (Å²) in [6.07, 6.45) is 0. The first-order chi connectivity index (χ1) is 6.49. The van der Waals surface area contributed by atoms with E-state index in [1.54, 1.807) is 24.3 Å². The van der Waals surface area contributed by atoms with Gasteiger partial charge in [0.05, 0.1) is 13.2 Å². The molecule has 1 aromatic rings. The van der Waals surface area contributed by atoms with E-state index in [2.05, 4.69) is 0 Å². The first-order valence-electron chi connectivity index (χ1n) is 3.90. The summed E-state index contributed by atoms with van der Waals surface area (Å²) in [5.41, 5.74) is 0.668. The summed E-state index contributed by atoms with van der Waals surface area (Å²) in [7, 11) is 0. The van der Waals surface area contributed by atoms with Crippen LogP contribution in [0.1, 0.15) is 5.56 Å². The van der Waals surface area contributed by atoms with Gasteiger partial charge in [0.25, 0.3) is 0 Å². The predicted octanol–water partition coefficient (Wildman–Crippen LogP) is 3.28. The van der Waals surface area contributed by atoms with E-state index in [0.29, 0.717) is 5.56 Å². The second-order valence-corrected chi connectivity index (χ2v) is 5.25. The fourth-order valence-electron chi connectivity index (χ4n) is 0.910. The normalized spacial score (nSPS) is 11.6. The predicted molar refractivity (Wildman–Crippen MR) is 58.1 cm³/mol. The molecule has 0 unspecified atom stereocenters. The lowest BCUT2D eigenvalue weighted by atomic mass is 10.2. The van der Waals surface area contributed by atoms with E-state index in [1.165, 1.54) is 0 Å². The van der Waals surface area contributed by atoms with Gasteiger partial charge in [0.1, 0.15) is 5.75 Å². The minimum Gasteiger partial charge on any atom is -0.508 e. The standard InChI is InChI=1S/C9H9Cl3O2/c10-9(11,12)6-14-5-7-3-1-2-4-8(7)13/h1-4,13H,5-6H2. The van der Waals surface area contributed by atoms with Gasteiger partial charge < -0.3 is 9.84 Å². The largest absolute Gasteiger partial charge is 0.508 e. The van der Waals surface area contributed by atoms with Crippen molar-refractivity contribution in [3.63, 3.8) is 0 Å². The monoisotopic (exact) mass is 254 g/mol. The number of hydrogen-bond donors (Lipinski definition) is 1. The number of para-hydroxylation sites is 1. The molecule has 0 radical (unpaired) electrons. The van der Waals surface area contributed by atoms with Crippen molar-refractivity contribution in [2.75, 3.05) is 6.61 Å². The van der Waals surface area contributed by atoms with Crippen molar-refractivity contribution in [3.8, 4) is 5.75 Å². The van der Waals surface area contributed by atoms with E-state index in [4.69, 9.17) is 39.5 Å². The third-order valence-corrected chi connectivity index (χ3v) is 1.84. The molecule has 5 heteroatoms. The molecule has 1 rings (SSSR count). The maximum atomic E-state index is 9.36. The molecule has 14 heavy (non-hydrogen) atoms. The Hall–Kier alpha value is -0.150. The molecule has 0 fully saturated rings. The molecule has 0 aliphatic carbocycles. The lowest BCUT2D eigenvalue weighted by Gasteiger charge is -2.11. The lowest BCUT2D eigenvalue weighted by molar-refractivity contribution is 0.124. The Morgan fingerprint density at radius 1 is 1.21 bits per heavy atom. The third kappa shape index (κ3) is 4.38. The minimum atomic E-state index is -1.41. The topological polar surface area (TPSA) is 29.5 Å². The van der Waals surface area contributed by atoms with E-state index < -0.39 is 3.79 Å². The highest BCUT2D eigenvalue weighted by molar-refractivity contribution is 6.67. The summed E-state index contributed by atoms with van der Waals surface area (Å²) < 4.78 is 3.70. The second-order valence-electron chi connectivity index (χ2n) is 2.74. The average molecular weight is 256 g/mol. The molecule has 1 N–H and O–H groups in total. The van der Waals surface area contributed by atoms with Crippen LogP contribution in [0.2, 0.25) is 0 Å². The molecule has 0 saturated carbocycles. The number of aromatic hydroxyl groups is 1. The van der Waals surface area contributed by atoms with Gasteiger partial charge in [0.2, 0.25) is 3.79 Å². The molecule has 0 saturated heterocycles. The van der Waals surface area contributed by atoms with Crippen LogP contribution in [-0.2, 0) is 11.3 Å². The van der Waals surface area contributed by atoms with Crippen LogP contribution in [0.4, 0.5) is 0 Å². The Balaban J connectivity index is 2.43. The fraction of sp³-hybridized carbons (Fsp3) is 0.333. The summed E-state index contributed by atoms with van der Waals surface area (Å²) in [4.78, 5) is 0. The first-order valence-corrected chi connectivity index (χ1v) is 5.04. The van der Waals surface area contributed by atoms with Crippen molar-refractivity contribution in [2.45, 2.75) is 10.4 Å². The SMILES string of the molecule is Oc1ccccc1COCC(Cl)(Cl)Cl. The maximum Gasteiger partial charge on any atom is 0.213 e. The van der Waals surface area contributed by atoms with Crippen LogP contribution in [0.15, 0.2) is 24.3 Å². The third-order valence-electron chi connectivity index (χ3n) is 1.51. The van der Waals surface area contributed by atoms with Crippen molar-refractivity contribution in [3.05, 3.63) is 29.8 Å². The van der Waals surface area contributed by atoms with Crippen LogP contribution in [0.3, 0.4) is 0 Å². The van der Waals surface area contributed by atoms with E-state index in [-0.39, 0.29) is 19.0 Å². The smallest absolute Gasteiger partial charge is 0.213 e. The summed E-state index contributed by atoms with van der Waals surface area (Å²) in [6, 6.07) is 6.85. The van der Waals surface area contributed by atoms with Gasteiger partial charge in [-0.3, -0.25) is 0 Å². The van der Waals surface area contributed by atoms with Gasteiger partial charge in [-0.1, -0.05) is 53.0 Å². The Morgan fingerprint density at radius 2 is 1.86 bits per heavy atom. The number of hydrogen-bond acceptors (Lipinski definition) is 2. The minimum absolute atomic E-state index is 0.00794. The Bertz CT molecular complexity index is 296. The Morgan fingerprint density at radius 3 is 2.43 bits per heavy atom. The van der Waals surface area contributed by atoms with Crippen LogP contribution < -0.4 is 0 Å². The van der Waals surface area contributed by atoms with Gasteiger partial charge in [-0.25, -0.2) is 0 Å². The molecule has 0 heterocycles. The number of ether oxygens (including phenoxy) is 1. The molecule has 1 aromatic carbocycles. The van der Waals surface area contributed by atoms with Gasteiger partial charge >= 0.3 is 0 Å². The number of alkyl halides is 3. The van der Waals surface area contributed by atoms with E-state index in [1.807, 2.05) is 0 Å². The summed E-state index contributed by atoms with van der Waals surface area (Å²) in [6.45, 7) is 0.215. The second kappa shape index (κ2) is 5.08. The van der Waals surface area contributed by atoms with Crippen molar-refractivity contribution in [1.82, 2.24) is 0 Å². The fourth-order valence-corrected chi connectivity index (χ4v) is 1.14. The summed E-state index contributed by atoms with van der Waals surface area (Å²) in [5.74, 6) is 0.178. The molecule has 0 spiro atoms. The number of phenols is 1. The zero-order valence-electron chi connectivity index (χ0n) is 7.21. The summed E-state index contributed by atoms with van der Waals surface area (Å²) >= 11 is 16.4. The van der Waals surface area contributed by atoms with Crippen LogP contribution in [0.25, 0.3) is 0 Å². The molecule has 0 aromatic heterocycles. The molecular weight excluding hydrogens is 246 g/mol. The number of halogens is 3. The molecule has 0 atom stereocenters. The van der Waals surface area contributed by atoms with E-state index >= 15 is 0 Å². The van der Waals surface area contributed by atoms with Crippen LogP contribution in [0.5, 0.6) is 5.75 Å². The molecule has 0 aliphatic heterocycles. The van der Waals surface area contributed by atoms with Crippen molar-refractivity contribution >= 4 is 34.8 Å². The molecule has 0 aliphatic rings. The van der Waals surface area contributed by atoms with Gasteiger partial charge in [0.15, 0.2) is 0 Å². The van der Waals surface area contributed by atoms with Crippen LogP contribution >= 0.6 is 34.8 Å². The number of rotatable bonds is 3. The molecule has 0 bridgehead atoms. The quantitative estimate of drug-likeness (QED) is 0.840. The molecule has 0 amide bonds. The van der Waals surface area contributed by atoms with Crippen molar-refractivity contribution in [2.24, 2.45) is 0 Å². The Labute approximate surface area is 97.3 Å². The van der Waals surface area contributed by atoms with E-state index in [0.717, 1.165) is 0 Å². The summed E-state index contributed by atoms with van der Waals surface area (Å²) in [5, 5.41) is 9.36. The van der Waals surface area contributed by atoms with Crippen LogP contribution in [0, 0.1) is 0 Å². The number of benzene rings is 1. The zero-order valence-corrected chi connectivity index (χ0v) is 9.48. The molecule has 2 nitrogen and oxygen atoms in total. The van der Waals surface area contributed by atoms with Crippen molar-refractivity contribution in [1.29, 1.82) is 0 Å².